The van der Waals surface area contributed by atoms with Crippen molar-refractivity contribution >= 4 is 28.1 Å². The Morgan fingerprint density at radius 1 is 1.35 bits per heavy atom. The number of hydrogen-bond donors (Lipinski definition) is 2. The van der Waals surface area contributed by atoms with Crippen LogP contribution in [0.1, 0.15) is 24.0 Å². The van der Waals surface area contributed by atoms with Gasteiger partial charge in [-0.1, -0.05) is 0 Å². The smallest absolute Gasteiger partial charge is 0.289 e. The Balaban J connectivity index is 0.00000264. The van der Waals surface area contributed by atoms with Crippen LogP contribution in [0.4, 0.5) is 5.69 Å². The van der Waals surface area contributed by atoms with Gasteiger partial charge in [-0.25, -0.2) is 13.1 Å². The molecular weight excluding hydrogens is 342 g/mol. The van der Waals surface area contributed by atoms with Crippen molar-refractivity contribution in [1.29, 1.82) is 0 Å². The number of nitrogens with one attached hydrogen (secondary N) is 2. The third-order valence-electron chi connectivity index (χ3n) is 4.02. The summed E-state index contributed by atoms with van der Waals surface area (Å²) < 4.78 is 27.4. The normalized spacial score (nSPS) is 18.3. The lowest BCUT2D eigenvalue weighted by molar-refractivity contribution is -0.387. The summed E-state index contributed by atoms with van der Waals surface area (Å²) in [4.78, 5) is 10.2. The maximum atomic E-state index is 12.4. The first kappa shape index (κ1) is 19.8. The number of nitro benzene ring substituents is 1. The highest BCUT2D eigenvalue weighted by Gasteiger charge is 2.27. The minimum absolute atomic E-state index is 0. The standard InChI is InChI=1S/C14H21N3O4S.ClH/c1-10-6-13(17(18)19)14(7-11(10)2)22(20,21)16-9-12-4-3-5-15-8-12;/h6-7,12,15-16H,3-5,8-9H2,1-2H3;1H. The SMILES string of the molecule is Cc1cc([N+](=O)[O-])c(S(=O)(=O)NCC2CCCNC2)cc1C.Cl. The predicted molar refractivity (Wildman–Crippen MR) is 90.6 cm³/mol. The van der Waals surface area contributed by atoms with E-state index < -0.39 is 14.9 Å². The van der Waals surface area contributed by atoms with E-state index in [-0.39, 0.29) is 28.9 Å². The molecule has 1 aliphatic rings. The molecule has 0 aromatic heterocycles. The molecule has 0 radical (unpaired) electrons. The van der Waals surface area contributed by atoms with E-state index in [0.29, 0.717) is 17.7 Å². The predicted octanol–water partition coefficient (Wildman–Crippen LogP) is 1.91. The van der Waals surface area contributed by atoms with Gasteiger partial charge < -0.3 is 5.32 Å². The van der Waals surface area contributed by atoms with Crippen molar-refractivity contribution in [1.82, 2.24) is 10.0 Å². The van der Waals surface area contributed by atoms with Gasteiger partial charge in [-0.3, -0.25) is 10.1 Å². The minimum Gasteiger partial charge on any atom is -0.316 e. The number of benzene rings is 1. The Morgan fingerprint density at radius 2 is 2.00 bits per heavy atom. The lowest BCUT2D eigenvalue weighted by Gasteiger charge is -2.22. The number of rotatable bonds is 5. The van der Waals surface area contributed by atoms with Gasteiger partial charge >= 0.3 is 0 Å². The molecule has 0 aliphatic carbocycles. The van der Waals surface area contributed by atoms with E-state index in [1.807, 2.05) is 0 Å². The van der Waals surface area contributed by atoms with Crippen LogP contribution in [-0.2, 0) is 10.0 Å². The summed E-state index contributed by atoms with van der Waals surface area (Å²) in [6.07, 6.45) is 1.96. The van der Waals surface area contributed by atoms with E-state index in [4.69, 9.17) is 0 Å². The Morgan fingerprint density at radius 3 is 2.57 bits per heavy atom. The number of nitro groups is 1. The molecule has 1 aromatic carbocycles. The number of sulfonamides is 1. The van der Waals surface area contributed by atoms with Crippen LogP contribution in [0.15, 0.2) is 17.0 Å². The van der Waals surface area contributed by atoms with Crippen LogP contribution in [0.25, 0.3) is 0 Å². The fraction of sp³-hybridized carbons (Fsp3) is 0.571. The zero-order valence-electron chi connectivity index (χ0n) is 13.2. The summed E-state index contributed by atoms with van der Waals surface area (Å²) in [5.41, 5.74) is 1.03. The van der Waals surface area contributed by atoms with E-state index in [1.165, 1.54) is 12.1 Å². The topological polar surface area (TPSA) is 101 Å². The number of aryl methyl sites for hydroxylation is 2. The second-order valence-electron chi connectivity index (χ2n) is 5.73. The van der Waals surface area contributed by atoms with Crippen molar-refractivity contribution in [2.75, 3.05) is 19.6 Å². The molecule has 2 rings (SSSR count). The molecular formula is C14H22ClN3O4S. The minimum atomic E-state index is -3.89. The van der Waals surface area contributed by atoms with Crippen LogP contribution in [0.3, 0.4) is 0 Å². The second kappa shape index (κ2) is 8.05. The molecule has 1 fully saturated rings. The summed E-state index contributed by atoms with van der Waals surface area (Å²) in [5, 5.41) is 14.4. The molecule has 130 valence electrons. The van der Waals surface area contributed by atoms with Crippen LogP contribution in [-0.4, -0.2) is 33.0 Å². The Labute approximate surface area is 142 Å². The average molecular weight is 364 g/mol. The van der Waals surface area contributed by atoms with Gasteiger partial charge in [0, 0.05) is 12.6 Å². The largest absolute Gasteiger partial charge is 0.316 e. The van der Waals surface area contributed by atoms with Crippen molar-refractivity contribution in [2.24, 2.45) is 5.92 Å². The van der Waals surface area contributed by atoms with Gasteiger partial charge in [0.2, 0.25) is 10.0 Å². The molecule has 0 saturated carbocycles. The molecule has 1 heterocycles. The monoisotopic (exact) mass is 363 g/mol. The first-order valence-corrected chi connectivity index (χ1v) is 8.75. The molecule has 0 bridgehead atoms. The third-order valence-corrected chi connectivity index (χ3v) is 5.48. The van der Waals surface area contributed by atoms with Crippen molar-refractivity contribution in [3.05, 3.63) is 33.4 Å². The highest BCUT2D eigenvalue weighted by Crippen LogP contribution is 2.27. The second-order valence-corrected chi connectivity index (χ2v) is 7.46. The van der Waals surface area contributed by atoms with Gasteiger partial charge in [0.15, 0.2) is 4.90 Å². The molecule has 1 saturated heterocycles. The first-order valence-electron chi connectivity index (χ1n) is 7.27. The fourth-order valence-electron chi connectivity index (χ4n) is 2.54. The average Bonchev–Trinajstić information content (AvgIpc) is 2.48. The molecule has 23 heavy (non-hydrogen) atoms. The quantitative estimate of drug-likeness (QED) is 0.614. The van der Waals surface area contributed by atoms with E-state index in [2.05, 4.69) is 10.0 Å². The van der Waals surface area contributed by atoms with Crippen LogP contribution in [0.2, 0.25) is 0 Å². The van der Waals surface area contributed by atoms with Crippen LogP contribution in [0, 0.1) is 29.9 Å². The molecule has 9 heteroatoms. The number of piperidine rings is 1. The fourth-order valence-corrected chi connectivity index (χ4v) is 3.89. The Kier molecular flexibility index (Phi) is 6.94. The van der Waals surface area contributed by atoms with E-state index in [0.717, 1.165) is 25.9 Å². The summed E-state index contributed by atoms with van der Waals surface area (Å²) in [6, 6.07) is 2.68. The van der Waals surface area contributed by atoms with E-state index in [1.54, 1.807) is 13.8 Å². The van der Waals surface area contributed by atoms with Crippen molar-refractivity contribution in [3.63, 3.8) is 0 Å². The van der Waals surface area contributed by atoms with Crippen molar-refractivity contribution < 1.29 is 13.3 Å². The highest BCUT2D eigenvalue weighted by molar-refractivity contribution is 7.89. The first-order chi connectivity index (χ1) is 10.3. The molecule has 1 atom stereocenters. The molecule has 7 nitrogen and oxygen atoms in total. The van der Waals surface area contributed by atoms with Gasteiger partial charge in [0.25, 0.3) is 5.69 Å². The Hall–Kier alpha value is -1.22. The van der Waals surface area contributed by atoms with E-state index in [9.17, 15) is 18.5 Å². The maximum absolute atomic E-state index is 12.4. The summed E-state index contributed by atoms with van der Waals surface area (Å²) in [5.74, 6) is 0.217. The molecule has 1 aromatic rings. The zero-order valence-corrected chi connectivity index (χ0v) is 14.8. The summed E-state index contributed by atoms with van der Waals surface area (Å²) in [7, 11) is -3.89. The third kappa shape index (κ3) is 4.87. The van der Waals surface area contributed by atoms with Gasteiger partial charge in [-0.2, -0.15) is 0 Å². The number of halogens is 1. The summed E-state index contributed by atoms with van der Waals surface area (Å²) >= 11 is 0. The molecule has 2 N–H and O–H groups in total. The summed E-state index contributed by atoms with van der Waals surface area (Å²) in [6.45, 7) is 5.46. The van der Waals surface area contributed by atoms with Crippen molar-refractivity contribution in [3.8, 4) is 0 Å². The molecule has 1 aliphatic heterocycles. The van der Waals surface area contributed by atoms with Crippen molar-refractivity contribution in [2.45, 2.75) is 31.6 Å². The van der Waals surface area contributed by atoms with Gasteiger partial charge in [-0.15, -0.1) is 12.4 Å². The van der Waals surface area contributed by atoms with Gasteiger partial charge in [0.1, 0.15) is 0 Å². The van der Waals surface area contributed by atoms with Gasteiger partial charge in [-0.05, 0) is 62.9 Å². The molecule has 0 spiro atoms. The number of nitrogens with zero attached hydrogens (tertiary/aromatic N) is 1. The van der Waals surface area contributed by atoms with Crippen LogP contribution in [0.5, 0.6) is 0 Å². The highest BCUT2D eigenvalue weighted by atomic mass is 35.5. The van der Waals surface area contributed by atoms with E-state index >= 15 is 0 Å². The van der Waals surface area contributed by atoms with Crippen LogP contribution >= 0.6 is 12.4 Å². The number of hydrogen-bond acceptors (Lipinski definition) is 5. The Bertz CT molecular complexity index is 673. The molecule has 1 unspecified atom stereocenters. The maximum Gasteiger partial charge on any atom is 0.289 e. The van der Waals surface area contributed by atoms with Gasteiger partial charge in [0.05, 0.1) is 4.92 Å². The molecule has 0 amide bonds. The lowest BCUT2D eigenvalue weighted by Crippen LogP contribution is -2.38. The lowest BCUT2D eigenvalue weighted by atomic mass is 10.0. The zero-order chi connectivity index (χ0) is 16.3. The van der Waals surface area contributed by atoms with Crippen LogP contribution < -0.4 is 10.0 Å².